The van der Waals surface area contributed by atoms with Crippen LogP contribution in [0, 0.1) is 23.2 Å². The van der Waals surface area contributed by atoms with Crippen molar-refractivity contribution in [3.8, 4) is 0 Å². The molecule has 0 spiro atoms. The van der Waals surface area contributed by atoms with Crippen molar-refractivity contribution in [2.45, 2.75) is 102 Å². The molecule has 3 rings (SSSR count). The highest BCUT2D eigenvalue weighted by molar-refractivity contribution is 5.76. The molecule has 3 saturated carbocycles. The van der Waals surface area contributed by atoms with E-state index in [0.717, 1.165) is 37.7 Å². The first-order valence-corrected chi connectivity index (χ1v) is 12.4. The third-order valence-corrected chi connectivity index (χ3v) is 8.73. The summed E-state index contributed by atoms with van der Waals surface area (Å²) in [7, 11) is 0. The van der Waals surface area contributed by atoms with Gasteiger partial charge in [0.15, 0.2) is 5.60 Å². The van der Waals surface area contributed by atoms with Crippen LogP contribution in [0.5, 0.6) is 0 Å². The summed E-state index contributed by atoms with van der Waals surface area (Å²) < 4.78 is 0. The molecule has 0 aromatic carbocycles. The Morgan fingerprint density at radius 1 is 1.30 bits per heavy atom. The van der Waals surface area contributed by atoms with Crippen LogP contribution >= 0.6 is 0 Å². The molecule has 0 radical (unpaired) electrons. The smallest absolute Gasteiger partial charge is 0.335 e. The first kappa shape index (κ1) is 26.1. The van der Waals surface area contributed by atoms with Gasteiger partial charge in [0.25, 0.3) is 0 Å². The number of carbonyl (C=O) groups is 1. The number of aliphatic hydroxyl groups is 4. The van der Waals surface area contributed by atoms with E-state index in [9.17, 15) is 25.2 Å². The van der Waals surface area contributed by atoms with Gasteiger partial charge in [0.2, 0.25) is 0 Å². The molecule has 33 heavy (non-hydrogen) atoms. The lowest BCUT2D eigenvalue weighted by molar-refractivity contribution is -0.160. The molecule has 0 bridgehead atoms. The van der Waals surface area contributed by atoms with Gasteiger partial charge in [-0.1, -0.05) is 38.2 Å². The summed E-state index contributed by atoms with van der Waals surface area (Å²) in [6, 6.07) is 0. The Hall–Kier alpha value is -1.47. The Morgan fingerprint density at radius 2 is 2.00 bits per heavy atom. The van der Waals surface area contributed by atoms with E-state index in [1.807, 2.05) is 6.08 Å². The molecule has 0 aliphatic heterocycles. The lowest BCUT2D eigenvalue weighted by Crippen LogP contribution is -2.40. The Morgan fingerprint density at radius 3 is 2.67 bits per heavy atom. The summed E-state index contributed by atoms with van der Waals surface area (Å²) in [6.07, 6.45) is 8.81. The largest absolute Gasteiger partial charge is 0.479 e. The second-order valence-electron chi connectivity index (χ2n) is 11.3. The standard InChI is InChI=1S/C27H42O6/c1-16(12-21(29)15-27(4,33)25(31)32)22-9-10-23-18(6-5-11-26(22,23)3)7-8-19-13-20(28)14-24(30)17(19)2/h7-8,16,20-24,28-30,33H,2,5-6,9-15H2,1,3-4H3,(H,31,32)/b18-7?,19-8-/t16-,20-,21+,22-,23?,24-,26-,27-/m1/s1. The minimum Gasteiger partial charge on any atom is -0.479 e. The molecule has 0 amide bonds. The lowest BCUT2D eigenvalue weighted by atomic mass is 9.60. The topological polar surface area (TPSA) is 118 Å². The molecule has 6 heteroatoms. The van der Waals surface area contributed by atoms with Crippen LogP contribution in [-0.2, 0) is 4.79 Å². The molecule has 3 aliphatic rings. The summed E-state index contributed by atoms with van der Waals surface area (Å²) in [4.78, 5) is 11.2. The van der Waals surface area contributed by atoms with Crippen molar-refractivity contribution in [1.29, 1.82) is 0 Å². The monoisotopic (exact) mass is 462 g/mol. The number of fused-ring (bicyclic) bond motifs is 1. The van der Waals surface area contributed by atoms with Crippen LogP contribution < -0.4 is 0 Å². The zero-order valence-corrected chi connectivity index (χ0v) is 20.3. The molecule has 186 valence electrons. The molecule has 8 atom stereocenters. The summed E-state index contributed by atoms with van der Waals surface area (Å²) >= 11 is 0. The van der Waals surface area contributed by atoms with Crippen LogP contribution in [0.1, 0.15) is 78.6 Å². The van der Waals surface area contributed by atoms with Gasteiger partial charge in [-0.3, -0.25) is 0 Å². The third-order valence-electron chi connectivity index (χ3n) is 8.73. The van der Waals surface area contributed by atoms with Gasteiger partial charge in [0, 0.05) is 12.8 Å². The number of aliphatic hydroxyl groups excluding tert-OH is 3. The number of hydrogen-bond donors (Lipinski definition) is 5. The maximum absolute atomic E-state index is 11.2. The van der Waals surface area contributed by atoms with Crippen molar-refractivity contribution in [2.75, 3.05) is 0 Å². The maximum Gasteiger partial charge on any atom is 0.335 e. The first-order valence-electron chi connectivity index (χ1n) is 12.4. The summed E-state index contributed by atoms with van der Waals surface area (Å²) in [5.41, 5.74) is 1.26. The molecule has 0 aromatic heterocycles. The minimum absolute atomic E-state index is 0.125. The van der Waals surface area contributed by atoms with Gasteiger partial charge in [0.05, 0.1) is 18.3 Å². The number of rotatable bonds is 7. The highest BCUT2D eigenvalue weighted by Gasteiger charge is 2.51. The fraction of sp³-hybridized carbons (Fsp3) is 0.741. The predicted octanol–water partition coefficient (Wildman–Crippen LogP) is 3.74. The highest BCUT2D eigenvalue weighted by Crippen LogP contribution is 2.60. The Bertz CT molecular complexity index is 811. The average Bonchev–Trinajstić information content (AvgIpc) is 3.06. The van der Waals surface area contributed by atoms with E-state index in [1.54, 1.807) is 0 Å². The van der Waals surface area contributed by atoms with Crippen molar-refractivity contribution in [3.05, 3.63) is 35.5 Å². The Labute approximate surface area is 197 Å². The van der Waals surface area contributed by atoms with Gasteiger partial charge >= 0.3 is 5.97 Å². The molecule has 0 aromatic rings. The van der Waals surface area contributed by atoms with Gasteiger partial charge in [-0.2, -0.15) is 0 Å². The van der Waals surface area contributed by atoms with Crippen LogP contribution in [0.15, 0.2) is 35.5 Å². The van der Waals surface area contributed by atoms with E-state index in [-0.39, 0.29) is 17.8 Å². The van der Waals surface area contributed by atoms with Crippen LogP contribution in [0.4, 0.5) is 0 Å². The van der Waals surface area contributed by atoms with Crippen molar-refractivity contribution in [3.63, 3.8) is 0 Å². The number of carboxylic acids is 1. The van der Waals surface area contributed by atoms with Crippen molar-refractivity contribution < 1.29 is 30.3 Å². The number of aliphatic carboxylic acids is 1. The molecular formula is C27H42O6. The van der Waals surface area contributed by atoms with Gasteiger partial charge < -0.3 is 25.5 Å². The first-order chi connectivity index (χ1) is 15.3. The fourth-order valence-electron chi connectivity index (χ4n) is 6.90. The molecule has 6 nitrogen and oxygen atoms in total. The summed E-state index contributed by atoms with van der Waals surface area (Å²) in [5, 5.41) is 49.8. The van der Waals surface area contributed by atoms with Gasteiger partial charge in [0.1, 0.15) is 0 Å². The van der Waals surface area contributed by atoms with Gasteiger partial charge in [-0.25, -0.2) is 4.79 Å². The van der Waals surface area contributed by atoms with E-state index in [2.05, 4.69) is 26.5 Å². The van der Waals surface area contributed by atoms with Crippen LogP contribution in [-0.4, -0.2) is 55.4 Å². The Balaban J connectivity index is 1.71. The molecule has 5 N–H and O–H groups in total. The van der Waals surface area contributed by atoms with E-state index in [4.69, 9.17) is 5.11 Å². The number of allylic oxidation sites excluding steroid dienone is 3. The van der Waals surface area contributed by atoms with E-state index in [1.165, 1.54) is 12.5 Å². The van der Waals surface area contributed by atoms with Crippen LogP contribution in [0.2, 0.25) is 0 Å². The SMILES string of the molecule is C=C1/C(=C\C=C2CCC[C@@]3(C)C2CC[C@@H]3[C@H](C)C[C@H](O)C[C@@](C)(O)C(=O)O)C[C@@H](O)C[C@H]1O. The Kier molecular flexibility index (Phi) is 7.94. The van der Waals surface area contributed by atoms with E-state index < -0.39 is 29.9 Å². The van der Waals surface area contributed by atoms with Crippen molar-refractivity contribution >= 4 is 5.97 Å². The van der Waals surface area contributed by atoms with Gasteiger partial charge in [-0.15, -0.1) is 0 Å². The molecule has 0 heterocycles. The van der Waals surface area contributed by atoms with E-state index >= 15 is 0 Å². The lowest BCUT2D eigenvalue weighted by Gasteiger charge is -2.44. The quantitative estimate of drug-likeness (QED) is 0.393. The number of carboxylic acid groups (broad SMARTS) is 1. The van der Waals surface area contributed by atoms with Crippen LogP contribution in [0.3, 0.4) is 0 Å². The molecule has 3 aliphatic carbocycles. The van der Waals surface area contributed by atoms with Crippen molar-refractivity contribution in [1.82, 2.24) is 0 Å². The number of hydrogen-bond acceptors (Lipinski definition) is 5. The second-order valence-corrected chi connectivity index (χ2v) is 11.3. The maximum atomic E-state index is 11.2. The zero-order chi connectivity index (χ0) is 24.6. The second kappa shape index (κ2) is 10.0. The normalized spacial score (nSPS) is 38.7. The third kappa shape index (κ3) is 5.61. The predicted molar refractivity (Wildman–Crippen MR) is 127 cm³/mol. The molecule has 0 saturated heterocycles. The van der Waals surface area contributed by atoms with Gasteiger partial charge in [-0.05, 0) is 86.2 Å². The zero-order valence-electron chi connectivity index (χ0n) is 20.3. The fourth-order valence-corrected chi connectivity index (χ4v) is 6.90. The van der Waals surface area contributed by atoms with Crippen molar-refractivity contribution in [2.24, 2.45) is 23.2 Å². The van der Waals surface area contributed by atoms with Crippen LogP contribution in [0.25, 0.3) is 0 Å². The minimum atomic E-state index is -1.92. The highest BCUT2D eigenvalue weighted by atomic mass is 16.4. The summed E-state index contributed by atoms with van der Waals surface area (Å²) in [6.45, 7) is 9.76. The molecular weight excluding hydrogens is 420 g/mol. The summed E-state index contributed by atoms with van der Waals surface area (Å²) in [5.74, 6) is -0.197. The molecule has 3 fully saturated rings. The van der Waals surface area contributed by atoms with E-state index in [0.29, 0.717) is 36.7 Å². The molecule has 1 unspecified atom stereocenters. The average molecular weight is 463 g/mol.